The van der Waals surface area contributed by atoms with Crippen LogP contribution in [0.3, 0.4) is 0 Å². The van der Waals surface area contributed by atoms with Gasteiger partial charge in [-0.2, -0.15) is 5.10 Å². The number of benzene rings is 1. The van der Waals surface area contributed by atoms with Crippen molar-refractivity contribution in [2.24, 2.45) is 0 Å². The molecular formula is C19H28N4O2. The molecule has 25 heavy (non-hydrogen) atoms. The third-order valence-electron chi connectivity index (χ3n) is 4.46. The van der Waals surface area contributed by atoms with Crippen molar-refractivity contribution in [2.75, 3.05) is 39.8 Å². The van der Waals surface area contributed by atoms with Crippen molar-refractivity contribution in [3.05, 3.63) is 54.4 Å². The molecule has 1 aliphatic rings. The molecule has 3 rings (SSSR count). The largest absolute Gasteiger partial charge is 0.390 e. The summed E-state index contributed by atoms with van der Waals surface area (Å²) in [6.07, 6.45) is 3.50. The van der Waals surface area contributed by atoms with Crippen LogP contribution >= 0.6 is 0 Å². The van der Waals surface area contributed by atoms with Gasteiger partial charge in [0.15, 0.2) is 0 Å². The lowest BCUT2D eigenvalue weighted by Crippen LogP contribution is -2.48. The van der Waals surface area contributed by atoms with Crippen LogP contribution in [0, 0.1) is 0 Å². The second-order valence-electron chi connectivity index (χ2n) is 6.82. The van der Waals surface area contributed by atoms with Crippen molar-refractivity contribution in [1.29, 1.82) is 0 Å². The number of rotatable bonds is 8. The number of aliphatic hydroxyl groups is 1. The highest BCUT2D eigenvalue weighted by Gasteiger charge is 2.23. The highest BCUT2D eigenvalue weighted by Crippen LogP contribution is 2.09. The molecule has 1 aromatic carbocycles. The summed E-state index contributed by atoms with van der Waals surface area (Å²) < 4.78 is 7.73. The molecule has 1 saturated heterocycles. The number of hydrogen-bond acceptors (Lipinski definition) is 5. The molecule has 2 heterocycles. The fourth-order valence-electron chi connectivity index (χ4n) is 3.35. The van der Waals surface area contributed by atoms with Crippen molar-refractivity contribution in [3.63, 3.8) is 0 Å². The van der Waals surface area contributed by atoms with Crippen molar-refractivity contribution >= 4 is 0 Å². The van der Waals surface area contributed by atoms with Gasteiger partial charge in [0, 0.05) is 45.1 Å². The maximum absolute atomic E-state index is 10.5. The van der Waals surface area contributed by atoms with Crippen molar-refractivity contribution in [3.8, 4) is 0 Å². The molecule has 136 valence electrons. The van der Waals surface area contributed by atoms with E-state index < -0.39 is 0 Å². The Labute approximate surface area is 149 Å². The zero-order chi connectivity index (χ0) is 17.5. The molecule has 1 N–H and O–H groups in total. The number of nitrogens with zero attached hydrogens (tertiary/aromatic N) is 4. The Hall–Kier alpha value is -1.73. The average molecular weight is 344 g/mol. The fourth-order valence-corrected chi connectivity index (χ4v) is 3.35. The summed E-state index contributed by atoms with van der Waals surface area (Å²) in [5, 5.41) is 14.7. The molecule has 0 unspecified atom stereocenters. The molecule has 0 spiro atoms. The molecule has 2 atom stereocenters. The first-order valence-electron chi connectivity index (χ1n) is 8.91. The van der Waals surface area contributed by atoms with Crippen molar-refractivity contribution in [1.82, 2.24) is 19.6 Å². The van der Waals surface area contributed by atoms with Crippen LogP contribution in [0.4, 0.5) is 0 Å². The second-order valence-corrected chi connectivity index (χ2v) is 6.82. The highest BCUT2D eigenvalue weighted by atomic mass is 16.5. The van der Waals surface area contributed by atoms with E-state index in [1.165, 1.54) is 5.56 Å². The average Bonchev–Trinajstić information content (AvgIpc) is 3.08. The van der Waals surface area contributed by atoms with Crippen molar-refractivity contribution < 1.29 is 9.84 Å². The smallest absolute Gasteiger partial charge is 0.0898 e. The second kappa shape index (κ2) is 9.10. The van der Waals surface area contributed by atoms with Gasteiger partial charge in [-0.15, -0.1) is 0 Å². The zero-order valence-electron chi connectivity index (χ0n) is 14.9. The van der Waals surface area contributed by atoms with E-state index in [0.717, 1.165) is 26.2 Å². The number of likely N-dealkylation sites (N-methyl/N-ethyl adjacent to an activating group) is 1. The van der Waals surface area contributed by atoms with Crippen LogP contribution in [0.1, 0.15) is 5.56 Å². The Morgan fingerprint density at radius 3 is 2.92 bits per heavy atom. The van der Waals surface area contributed by atoms with Crippen LogP contribution in [0.5, 0.6) is 0 Å². The van der Waals surface area contributed by atoms with Gasteiger partial charge in [-0.05, 0) is 18.7 Å². The predicted octanol–water partition coefficient (Wildman–Crippen LogP) is 1.08. The van der Waals surface area contributed by atoms with Crippen LogP contribution in [0.2, 0.25) is 0 Å². The minimum absolute atomic E-state index is 0.128. The number of aliphatic hydroxyl groups excluding tert-OH is 1. The minimum atomic E-state index is -0.364. The van der Waals surface area contributed by atoms with E-state index in [1.807, 2.05) is 35.1 Å². The van der Waals surface area contributed by atoms with Gasteiger partial charge >= 0.3 is 0 Å². The molecular weight excluding hydrogens is 316 g/mol. The summed E-state index contributed by atoms with van der Waals surface area (Å²) in [4.78, 5) is 4.46. The van der Waals surface area contributed by atoms with Crippen LogP contribution in [0.25, 0.3) is 0 Å². The molecule has 1 aliphatic heterocycles. The van der Waals surface area contributed by atoms with E-state index in [2.05, 4.69) is 34.1 Å². The molecule has 1 aromatic heterocycles. The Kier molecular flexibility index (Phi) is 6.58. The third-order valence-corrected chi connectivity index (χ3v) is 4.46. The maximum atomic E-state index is 10.5. The normalized spacial score (nSPS) is 20.0. The van der Waals surface area contributed by atoms with Gasteiger partial charge in [-0.25, -0.2) is 0 Å². The Morgan fingerprint density at radius 2 is 2.16 bits per heavy atom. The lowest BCUT2D eigenvalue weighted by atomic mass is 10.2. The van der Waals surface area contributed by atoms with Crippen LogP contribution in [0.15, 0.2) is 48.8 Å². The maximum Gasteiger partial charge on any atom is 0.0898 e. The van der Waals surface area contributed by atoms with Crippen LogP contribution < -0.4 is 0 Å². The summed E-state index contributed by atoms with van der Waals surface area (Å²) in [6, 6.07) is 12.3. The minimum Gasteiger partial charge on any atom is -0.390 e. The molecule has 0 radical (unpaired) electrons. The third kappa shape index (κ3) is 5.93. The molecule has 0 saturated carbocycles. The van der Waals surface area contributed by atoms with Gasteiger partial charge < -0.3 is 9.84 Å². The van der Waals surface area contributed by atoms with E-state index in [0.29, 0.717) is 19.7 Å². The molecule has 0 bridgehead atoms. The zero-order valence-corrected chi connectivity index (χ0v) is 14.9. The topological polar surface area (TPSA) is 53.8 Å². The number of β-amino-alcohol motifs (C(OH)–C–C–N with tert-alkyl or cyclic N) is 1. The summed E-state index contributed by atoms with van der Waals surface area (Å²) >= 11 is 0. The van der Waals surface area contributed by atoms with Gasteiger partial charge in [0.2, 0.25) is 0 Å². The highest BCUT2D eigenvalue weighted by molar-refractivity contribution is 5.14. The van der Waals surface area contributed by atoms with Crippen LogP contribution in [-0.2, 0) is 17.8 Å². The fraction of sp³-hybridized carbons (Fsp3) is 0.526. The number of ether oxygens (including phenoxy) is 1. The SMILES string of the molecule is CN(Cc1ccccc1)C[C@H](O)CN1CCO[C@H](Cn2cccn2)C1. The molecule has 1 fully saturated rings. The molecule has 6 heteroatoms. The molecule has 6 nitrogen and oxygen atoms in total. The summed E-state index contributed by atoms with van der Waals surface area (Å²) in [5.74, 6) is 0. The lowest BCUT2D eigenvalue weighted by molar-refractivity contribution is -0.0504. The Bertz CT molecular complexity index is 605. The number of morpholine rings is 1. The lowest BCUT2D eigenvalue weighted by Gasteiger charge is -2.34. The quantitative estimate of drug-likeness (QED) is 0.777. The monoisotopic (exact) mass is 344 g/mol. The van der Waals surface area contributed by atoms with E-state index in [9.17, 15) is 5.11 Å². The summed E-state index contributed by atoms with van der Waals surface area (Å²) in [7, 11) is 2.05. The molecule has 0 aliphatic carbocycles. The number of hydrogen-bond donors (Lipinski definition) is 1. The van der Waals surface area contributed by atoms with Gasteiger partial charge in [0.25, 0.3) is 0 Å². The summed E-state index contributed by atoms with van der Waals surface area (Å²) in [5.41, 5.74) is 1.27. The number of aromatic nitrogens is 2. The van der Waals surface area contributed by atoms with E-state index >= 15 is 0 Å². The standard InChI is InChI=1S/C19H28N4O2/c1-21(12-17-6-3-2-4-7-17)13-18(24)14-22-10-11-25-19(15-22)16-23-9-5-8-20-23/h2-9,18-19,24H,10-16H2,1H3/t18-,19-/m0/s1. The van der Waals surface area contributed by atoms with Gasteiger partial charge in [-0.1, -0.05) is 30.3 Å². The van der Waals surface area contributed by atoms with Gasteiger partial charge in [0.1, 0.15) is 0 Å². The molecule has 0 amide bonds. The first-order chi connectivity index (χ1) is 12.2. The van der Waals surface area contributed by atoms with Gasteiger partial charge in [0.05, 0.1) is 25.4 Å². The van der Waals surface area contributed by atoms with E-state index in [1.54, 1.807) is 6.20 Å². The van der Waals surface area contributed by atoms with E-state index in [4.69, 9.17) is 4.74 Å². The Balaban J connectivity index is 1.41. The van der Waals surface area contributed by atoms with E-state index in [-0.39, 0.29) is 12.2 Å². The summed E-state index contributed by atoms with van der Waals surface area (Å²) in [6.45, 7) is 5.36. The predicted molar refractivity (Wildman–Crippen MR) is 97.2 cm³/mol. The first kappa shape index (κ1) is 18.1. The molecule has 2 aromatic rings. The first-order valence-corrected chi connectivity index (χ1v) is 8.91. The van der Waals surface area contributed by atoms with Crippen molar-refractivity contribution in [2.45, 2.75) is 25.3 Å². The van der Waals surface area contributed by atoms with Gasteiger partial charge in [-0.3, -0.25) is 14.5 Å². The Morgan fingerprint density at radius 1 is 1.32 bits per heavy atom. The van der Waals surface area contributed by atoms with Crippen LogP contribution in [-0.4, -0.2) is 76.7 Å².